The number of para-hydroxylation sites is 1. The van der Waals surface area contributed by atoms with Crippen LogP contribution in [0, 0.1) is 5.92 Å². The number of anilines is 2. The van der Waals surface area contributed by atoms with Crippen molar-refractivity contribution in [2.24, 2.45) is 5.92 Å². The predicted octanol–water partition coefficient (Wildman–Crippen LogP) is 3.67. The molecule has 10 heteroatoms. The zero-order chi connectivity index (χ0) is 24.9. The standard InChI is InChI=1S/C25H27N3O5S2/c29-25(21-15-17-28(18-16-21)34(30,31)19-20-7-3-1-4-8-20)26-22-11-13-24(14-12-22)35(32,33)27-23-9-5-2-6-10-23/h1-14,21,27H,15-19H2,(H,26,29). The maximum absolute atomic E-state index is 12.7. The van der Waals surface area contributed by atoms with Crippen molar-refractivity contribution in [2.45, 2.75) is 23.5 Å². The average molecular weight is 514 g/mol. The van der Waals surface area contributed by atoms with E-state index in [9.17, 15) is 21.6 Å². The van der Waals surface area contributed by atoms with Crippen LogP contribution in [0.3, 0.4) is 0 Å². The van der Waals surface area contributed by atoms with Crippen LogP contribution in [0.1, 0.15) is 18.4 Å². The molecule has 184 valence electrons. The maximum atomic E-state index is 12.7. The molecule has 35 heavy (non-hydrogen) atoms. The van der Waals surface area contributed by atoms with Crippen molar-refractivity contribution in [3.8, 4) is 0 Å². The fourth-order valence-electron chi connectivity index (χ4n) is 3.95. The van der Waals surface area contributed by atoms with Gasteiger partial charge in [-0.1, -0.05) is 48.5 Å². The lowest BCUT2D eigenvalue weighted by Crippen LogP contribution is -2.41. The van der Waals surface area contributed by atoms with Crippen LogP contribution in [-0.4, -0.2) is 40.1 Å². The molecule has 0 unspecified atom stereocenters. The molecule has 0 aromatic heterocycles. The Morgan fingerprint density at radius 1 is 0.771 bits per heavy atom. The molecule has 3 aromatic carbocycles. The Morgan fingerprint density at radius 2 is 1.34 bits per heavy atom. The zero-order valence-corrected chi connectivity index (χ0v) is 20.6. The van der Waals surface area contributed by atoms with Gasteiger partial charge in [-0.25, -0.2) is 21.1 Å². The van der Waals surface area contributed by atoms with E-state index in [0.29, 0.717) is 24.2 Å². The van der Waals surface area contributed by atoms with Crippen molar-refractivity contribution in [2.75, 3.05) is 23.1 Å². The first-order chi connectivity index (χ1) is 16.7. The minimum atomic E-state index is -3.75. The van der Waals surface area contributed by atoms with E-state index < -0.39 is 20.0 Å². The Morgan fingerprint density at radius 3 is 1.94 bits per heavy atom. The van der Waals surface area contributed by atoms with Crippen LogP contribution in [0.2, 0.25) is 0 Å². The van der Waals surface area contributed by atoms with Crippen molar-refractivity contribution in [1.29, 1.82) is 0 Å². The average Bonchev–Trinajstić information content (AvgIpc) is 2.85. The van der Waals surface area contributed by atoms with Crippen molar-refractivity contribution < 1.29 is 21.6 Å². The second-order valence-electron chi connectivity index (χ2n) is 8.40. The number of benzene rings is 3. The molecule has 0 spiro atoms. The number of nitrogens with zero attached hydrogens (tertiary/aromatic N) is 1. The number of hydrogen-bond acceptors (Lipinski definition) is 5. The molecular weight excluding hydrogens is 486 g/mol. The van der Waals surface area contributed by atoms with Crippen LogP contribution in [0.15, 0.2) is 89.8 Å². The van der Waals surface area contributed by atoms with Gasteiger partial charge in [0, 0.05) is 30.4 Å². The van der Waals surface area contributed by atoms with Crippen LogP contribution >= 0.6 is 0 Å². The number of hydrogen-bond donors (Lipinski definition) is 2. The number of carbonyl (C=O) groups is 1. The maximum Gasteiger partial charge on any atom is 0.261 e. The zero-order valence-electron chi connectivity index (χ0n) is 19.0. The molecule has 3 aromatic rings. The summed E-state index contributed by atoms with van der Waals surface area (Å²) in [5.74, 6) is -0.580. The smallest absolute Gasteiger partial charge is 0.261 e. The molecule has 1 saturated heterocycles. The third kappa shape index (κ3) is 6.47. The summed E-state index contributed by atoms with van der Waals surface area (Å²) in [5.41, 5.74) is 1.67. The number of rotatable bonds is 8. The van der Waals surface area contributed by atoms with E-state index in [2.05, 4.69) is 10.0 Å². The summed E-state index contributed by atoms with van der Waals surface area (Å²) in [7, 11) is -7.19. The molecule has 4 rings (SSSR count). The molecule has 1 aliphatic rings. The fourth-order valence-corrected chi connectivity index (χ4v) is 6.58. The third-order valence-electron chi connectivity index (χ3n) is 5.87. The lowest BCUT2D eigenvalue weighted by molar-refractivity contribution is -0.120. The topological polar surface area (TPSA) is 113 Å². The summed E-state index contributed by atoms with van der Waals surface area (Å²) in [6.07, 6.45) is 0.848. The molecule has 1 amide bonds. The first-order valence-electron chi connectivity index (χ1n) is 11.2. The quantitative estimate of drug-likeness (QED) is 0.477. The summed E-state index contributed by atoms with van der Waals surface area (Å²) in [6.45, 7) is 0.575. The second kappa shape index (κ2) is 10.6. The largest absolute Gasteiger partial charge is 0.326 e. The molecule has 0 saturated carbocycles. The highest BCUT2D eigenvalue weighted by molar-refractivity contribution is 7.92. The summed E-state index contributed by atoms with van der Waals surface area (Å²) in [4.78, 5) is 12.8. The van der Waals surface area contributed by atoms with E-state index in [0.717, 1.165) is 5.56 Å². The van der Waals surface area contributed by atoms with Gasteiger partial charge in [0.2, 0.25) is 15.9 Å². The number of nitrogens with one attached hydrogen (secondary N) is 2. The minimum Gasteiger partial charge on any atom is -0.326 e. The molecule has 0 aliphatic carbocycles. The molecule has 0 radical (unpaired) electrons. The fraction of sp³-hybridized carbons (Fsp3) is 0.240. The van der Waals surface area contributed by atoms with E-state index in [1.807, 2.05) is 18.2 Å². The Labute approximate surface area is 206 Å². The first kappa shape index (κ1) is 24.9. The van der Waals surface area contributed by atoms with E-state index in [1.54, 1.807) is 42.5 Å². The Bertz CT molecular complexity index is 1350. The summed E-state index contributed by atoms with van der Waals surface area (Å²) < 4.78 is 54.5. The monoisotopic (exact) mass is 513 g/mol. The van der Waals surface area contributed by atoms with Crippen molar-refractivity contribution in [3.05, 3.63) is 90.5 Å². The van der Waals surface area contributed by atoms with E-state index >= 15 is 0 Å². The van der Waals surface area contributed by atoms with Crippen LogP contribution < -0.4 is 10.0 Å². The minimum absolute atomic E-state index is 0.0565. The molecule has 2 N–H and O–H groups in total. The predicted molar refractivity (Wildman–Crippen MR) is 136 cm³/mol. The summed E-state index contributed by atoms with van der Waals surface area (Å²) in [5, 5.41) is 2.81. The van der Waals surface area contributed by atoms with E-state index in [4.69, 9.17) is 0 Å². The van der Waals surface area contributed by atoms with Gasteiger partial charge in [-0.3, -0.25) is 9.52 Å². The molecule has 1 heterocycles. The highest BCUT2D eigenvalue weighted by atomic mass is 32.2. The van der Waals surface area contributed by atoms with E-state index in [1.165, 1.54) is 28.6 Å². The Kier molecular flexibility index (Phi) is 7.54. The lowest BCUT2D eigenvalue weighted by atomic mass is 9.97. The second-order valence-corrected chi connectivity index (χ2v) is 12.1. The molecule has 0 bridgehead atoms. The van der Waals surface area contributed by atoms with Gasteiger partial charge in [0.1, 0.15) is 0 Å². The molecule has 0 atom stereocenters. The SMILES string of the molecule is O=C(Nc1ccc(S(=O)(=O)Nc2ccccc2)cc1)C1CCN(S(=O)(=O)Cc2ccccc2)CC1. The van der Waals surface area contributed by atoms with Gasteiger partial charge in [-0.05, 0) is 54.8 Å². The van der Waals surface area contributed by atoms with Gasteiger partial charge in [0.25, 0.3) is 10.0 Å². The van der Waals surface area contributed by atoms with Gasteiger partial charge < -0.3 is 5.32 Å². The van der Waals surface area contributed by atoms with Gasteiger partial charge in [-0.2, -0.15) is 0 Å². The summed E-state index contributed by atoms with van der Waals surface area (Å²) in [6, 6.07) is 23.5. The number of carbonyl (C=O) groups excluding carboxylic acids is 1. The highest BCUT2D eigenvalue weighted by Crippen LogP contribution is 2.24. The van der Waals surface area contributed by atoms with Gasteiger partial charge in [-0.15, -0.1) is 0 Å². The summed E-state index contributed by atoms with van der Waals surface area (Å²) >= 11 is 0. The van der Waals surface area contributed by atoms with Crippen LogP contribution in [0.25, 0.3) is 0 Å². The third-order valence-corrected chi connectivity index (χ3v) is 9.12. The molecule has 8 nitrogen and oxygen atoms in total. The van der Waals surface area contributed by atoms with E-state index in [-0.39, 0.29) is 35.6 Å². The highest BCUT2D eigenvalue weighted by Gasteiger charge is 2.31. The van der Waals surface area contributed by atoms with Gasteiger partial charge >= 0.3 is 0 Å². The van der Waals surface area contributed by atoms with Gasteiger partial charge in [0.15, 0.2) is 0 Å². The van der Waals surface area contributed by atoms with Crippen molar-refractivity contribution in [1.82, 2.24) is 4.31 Å². The van der Waals surface area contributed by atoms with Crippen molar-refractivity contribution in [3.63, 3.8) is 0 Å². The number of piperidine rings is 1. The van der Waals surface area contributed by atoms with Crippen LogP contribution in [0.4, 0.5) is 11.4 Å². The molecule has 1 fully saturated rings. The molecular formula is C25H27N3O5S2. The Balaban J connectivity index is 1.31. The molecule has 1 aliphatic heterocycles. The van der Waals surface area contributed by atoms with Gasteiger partial charge in [0.05, 0.1) is 10.6 Å². The van der Waals surface area contributed by atoms with Crippen LogP contribution in [-0.2, 0) is 30.6 Å². The first-order valence-corrected chi connectivity index (χ1v) is 14.3. The van der Waals surface area contributed by atoms with Crippen LogP contribution in [0.5, 0.6) is 0 Å². The number of amides is 1. The van der Waals surface area contributed by atoms with Crippen molar-refractivity contribution >= 4 is 37.3 Å². The normalized spacial score (nSPS) is 15.4. The number of sulfonamides is 2. The lowest BCUT2D eigenvalue weighted by Gasteiger charge is -2.30. The Hall–Kier alpha value is -3.21.